The van der Waals surface area contributed by atoms with Crippen molar-refractivity contribution < 1.29 is 0 Å². The molecule has 0 amide bonds. The number of anilines is 1. The van der Waals surface area contributed by atoms with Crippen molar-refractivity contribution in [1.29, 1.82) is 0 Å². The van der Waals surface area contributed by atoms with Gasteiger partial charge >= 0.3 is 0 Å². The molecule has 0 N–H and O–H groups in total. The second-order valence-corrected chi connectivity index (χ2v) is 11.7. The Hall–Kier alpha value is -1.10. The van der Waals surface area contributed by atoms with E-state index in [1.54, 1.807) is 0 Å². The third-order valence-corrected chi connectivity index (χ3v) is 8.70. The minimum atomic E-state index is 0.500. The van der Waals surface area contributed by atoms with Gasteiger partial charge in [0.1, 0.15) is 6.67 Å². The third-order valence-electron chi connectivity index (χ3n) is 7.76. The molecule has 0 fully saturated rings. The van der Waals surface area contributed by atoms with E-state index in [9.17, 15) is 0 Å². The summed E-state index contributed by atoms with van der Waals surface area (Å²) in [5, 5.41) is 14.6. The molecule has 0 unspecified atom stereocenters. The van der Waals surface area contributed by atoms with E-state index in [4.69, 9.17) is 0 Å². The SMILES string of the molecule is Cc1scc(N2CN(C)N=N2)c1CCCCCCCCCC(C(C)C)(C(C)C)C(C)C. The minimum absolute atomic E-state index is 0.500. The summed E-state index contributed by atoms with van der Waals surface area (Å²) in [5.74, 6) is 2.29. The Balaban J connectivity index is 1.65. The fourth-order valence-electron chi connectivity index (χ4n) is 5.96. The maximum absolute atomic E-state index is 4.29. The zero-order valence-electron chi connectivity index (χ0n) is 21.6. The zero-order valence-corrected chi connectivity index (χ0v) is 22.4. The zero-order chi connectivity index (χ0) is 23.0. The van der Waals surface area contributed by atoms with Gasteiger partial charge < -0.3 is 0 Å². The van der Waals surface area contributed by atoms with Crippen LogP contribution in [0.1, 0.15) is 103 Å². The molecule has 1 aromatic rings. The van der Waals surface area contributed by atoms with Crippen molar-refractivity contribution in [3.8, 4) is 0 Å². The summed E-state index contributed by atoms with van der Waals surface area (Å²) >= 11 is 1.84. The van der Waals surface area contributed by atoms with Crippen LogP contribution >= 0.6 is 11.3 Å². The summed E-state index contributed by atoms with van der Waals surface area (Å²) in [7, 11) is 1.97. The Morgan fingerprint density at radius 3 is 1.94 bits per heavy atom. The van der Waals surface area contributed by atoms with Crippen LogP contribution in [0.15, 0.2) is 15.8 Å². The maximum Gasteiger partial charge on any atom is 0.132 e. The van der Waals surface area contributed by atoms with Gasteiger partial charge in [-0.15, -0.1) is 11.3 Å². The molecule has 1 aliphatic rings. The lowest BCUT2D eigenvalue weighted by Crippen LogP contribution is -2.38. The molecular formula is C26H48N4S. The highest BCUT2D eigenvalue weighted by atomic mass is 32.1. The molecule has 0 aromatic carbocycles. The highest BCUT2D eigenvalue weighted by Gasteiger charge is 2.39. The van der Waals surface area contributed by atoms with Gasteiger partial charge in [0.2, 0.25) is 0 Å². The lowest BCUT2D eigenvalue weighted by atomic mass is 9.60. The van der Waals surface area contributed by atoms with Crippen LogP contribution in [0.25, 0.3) is 0 Å². The van der Waals surface area contributed by atoms with E-state index < -0.39 is 0 Å². The van der Waals surface area contributed by atoms with Crippen LogP contribution in [-0.4, -0.2) is 18.7 Å². The van der Waals surface area contributed by atoms with Crippen molar-refractivity contribution in [3.05, 3.63) is 15.8 Å². The van der Waals surface area contributed by atoms with Crippen LogP contribution in [0.4, 0.5) is 5.69 Å². The van der Waals surface area contributed by atoms with Crippen LogP contribution in [-0.2, 0) is 6.42 Å². The van der Waals surface area contributed by atoms with Crippen molar-refractivity contribution >= 4 is 17.0 Å². The van der Waals surface area contributed by atoms with E-state index in [1.165, 1.54) is 73.9 Å². The largest absolute Gasteiger partial charge is 0.258 e. The molecule has 0 aliphatic carbocycles. The van der Waals surface area contributed by atoms with Crippen molar-refractivity contribution in [2.75, 3.05) is 18.7 Å². The molecule has 1 aliphatic heterocycles. The summed E-state index contributed by atoms with van der Waals surface area (Å²) < 4.78 is 0. The van der Waals surface area contributed by atoms with E-state index >= 15 is 0 Å². The van der Waals surface area contributed by atoms with Gasteiger partial charge in [0.25, 0.3) is 0 Å². The number of thiophene rings is 1. The van der Waals surface area contributed by atoms with Crippen LogP contribution < -0.4 is 5.01 Å². The molecule has 2 rings (SSSR count). The first-order valence-corrected chi connectivity index (χ1v) is 13.5. The highest BCUT2D eigenvalue weighted by Crippen LogP contribution is 2.47. The Morgan fingerprint density at radius 2 is 1.42 bits per heavy atom. The van der Waals surface area contributed by atoms with Gasteiger partial charge in [0.15, 0.2) is 0 Å². The molecule has 0 bridgehead atoms. The first kappa shape index (κ1) is 26.2. The molecule has 0 radical (unpaired) electrons. The minimum Gasteiger partial charge on any atom is -0.258 e. The van der Waals surface area contributed by atoms with Crippen LogP contribution in [0.5, 0.6) is 0 Å². The Kier molecular flexibility index (Phi) is 10.3. The lowest BCUT2D eigenvalue weighted by molar-refractivity contribution is 0.0356. The van der Waals surface area contributed by atoms with E-state index in [-0.39, 0.29) is 0 Å². The summed E-state index contributed by atoms with van der Waals surface area (Å²) in [6, 6.07) is 0. The smallest absolute Gasteiger partial charge is 0.132 e. The van der Waals surface area contributed by atoms with Crippen LogP contribution in [0.3, 0.4) is 0 Å². The quantitative estimate of drug-likeness (QED) is 0.267. The Bertz CT molecular complexity index is 655. The number of hydrogen-bond donors (Lipinski definition) is 0. The van der Waals surface area contributed by atoms with Crippen molar-refractivity contribution in [3.63, 3.8) is 0 Å². The molecule has 5 heteroatoms. The second-order valence-electron chi connectivity index (χ2n) is 10.6. The predicted octanol–water partition coefficient (Wildman–Crippen LogP) is 8.67. The monoisotopic (exact) mass is 448 g/mol. The molecule has 4 nitrogen and oxygen atoms in total. The maximum atomic E-state index is 4.29. The molecular weight excluding hydrogens is 400 g/mol. The average Bonchev–Trinajstić information content (AvgIpc) is 3.28. The summed E-state index contributed by atoms with van der Waals surface area (Å²) in [6.07, 6.45) is 12.1. The molecule has 31 heavy (non-hydrogen) atoms. The molecule has 0 saturated carbocycles. The van der Waals surface area contributed by atoms with Gasteiger partial charge in [-0.2, -0.15) is 0 Å². The van der Waals surface area contributed by atoms with Crippen LogP contribution in [0.2, 0.25) is 0 Å². The van der Waals surface area contributed by atoms with E-state index in [0.29, 0.717) is 5.41 Å². The van der Waals surface area contributed by atoms with Gasteiger partial charge in [0, 0.05) is 17.3 Å². The van der Waals surface area contributed by atoms with Gasteiger partial charge in [-0.1, -0.05) is 85.3 Å². The number of nitrogens with zero attached hydrogens (tertiary/aromatic N) is 4. The molecule has 178 valence electrons. The van der Waals surface area contributed by atoms with E-state index in [0.717, 1.165) is 24.4 Å². The molecule has 0 atom stereocenters. The Labute approximate surface area is 196 Å². The number of hydrogen-bond acceptors (Lipinski definition) is 5. The number of rotatable bonds is 14. The first-order chi connectivity index (χ1) is 14.7. The Morgan fingerprint density at radius 1 is 0.871 bits per heavy atom. The normalized spacial score (nSPS) is 14.8. The first-order valence-electron chi connectivity index (χ1n) is 12.7. The second kappa shape index (κ2) is 12.2. The molecule has 2 heterocycles. The topological polar surface area (TPSA) is 31.2 Å². The number of aryl methyl sites for hydroxylation is 1. The molecule has 0 saturated heterocycles. The van der Waals surface area contributed by atoms with Crippen molar-refractivity contribution in [2.45, 2.75) is 106 Å². The summed E-state index contributed by atoms with van der Waals surface area (Å²) in [4.78, 5) is 1.43. The van der Waals surface area contributed by atoms with E-state index in [2.05, 4.69) is 64.3 Å². The van der Waals surface area contributed by atoms with Gasteiger partial charge in [-0.3, -0.25) is 5.01 Å². The number of unbranched alkanes of at least 4 members (excludes halogenated alkanes) is 6. The highest BCUT2D eigenvalue weighted by molar-refractivity contribution is 7.10. The van der Waals surface area contributed by atoms with E-state index in [1.807, 2.05) is 28.4 Å². The lowest BCUT2D eigenvalue weighted by Gasteiger charge is -2.45. The van der Waals surface area contributed by atoms with Gasteiger partial charge in [0.05, 0.1) is 5.69 Å². The predicted molar refractivity (Wildman–Crippen MR) is 137 cm³/mol. The third kappa shape index (κ3) is 6.69. The van der Waals surface area contributed by atoms with Crippen LogP contribution in [0, 0.1) is 30.1 Å². The average molecular weight is 449 g/mol. The van der Waals surface area contributed by atoms with Gasteiger partial charge in [-0.25, -0.2) is 5.01 Å². The standard InChI is InChI=1S/C26H48N4S/c1-20(2)26(21(3)4,22(5)6)17-15-13-11-9-10-12-14-16-24-23(7)31-18-25(24)30-19-29(8)27-28-30/h18,20-22H,9-17,19H2,1-8H3. The molecule has 1 aromatic heterocycles. The van der Waals surface area contributed by atoms with Crippen molar-refractivity contribution in [1.82, 2.24) is 5.01 Å². The fourth-order valence-corrected chi connectivity index (χ4v) is 6.86. The van der Waals surface area contributed by atoms with Gasteiger partial charge in [-0.05, 0) is 60.1 Å². The summed E-state index contributed by atoms with van der Waals surface area (Å²) in [6.45, 7) is 17.6. The summed E-state index contributed by atoms with van der Waals surface area (Å²) in [5.41, 5.74) is 3.24. The fraction of sp³-hybridized carbons (Fsp3) is 0.846. The molecule has 0 spiro atoms. The van der Waals surface area contributed by atoms with Crippen molar-refractivity contribution in [2.24, 2.45) is 33.6 Å².